The van der Waals surface area contributed by atoms with Crippen LogP contribution < -0.4 is 5.32 Å². The summed E-state index contributed by atoms with van der Waals surface area (Å²) in [7, 11) is -3.53. The van der Waals surface area contributed by atoms with Crippen molar-refractivity contribution in [3.8, 4) is 5.75 Å². The smallest absolute Gasteiger partial charge is 0.243 e. The van der Waals surface area contributed by atoms with E-state index in [1.165, 1.54) is 16.6 Å². The SMILES string of the molecule is O=C(Nc1ncccc1O)C1CCN(S(=O)(=O)c2ccccc2)CC1. The molecule has 0 unspecified atom stereocenters. The van der Waals surface area contributed by atoms with Crippen LogP contribution in [0.2, 0.25) is 0 Å². The van der Waals surface area contributed by atoms with Gasteiger partial charge in [-0.25, -0.2) is 13.4 Å². The fourth-order valence-corrected chi connectivity index (χ4v) is 4.30. The van der Waals surface area contributed by atoms with Crippen LogP contribution in [-0.2, 0) is 14.8 Å². The second-order valence-corrected chi connectivity index (χ2v) is 7.79. The highest BCUT2D eigenvalue weighted by atomic mass is 32.2. The van der Waals surface area contributed by atoms with Crippen molar-refractivity contribution in [2.24, 2.45) is 5.92 Å². The summed E-state index contributed by atoms with van der Waals surface area (Å²) < 4.78 is 26.6. The van der Waals surface area contributed by atoms with E-state index in [0.29, 0.717) is 12.8 Å². The van der Waals surface area contributed by atoms with E-state index in [1.807, 2.05) is 0 Å². The first-order valence-electron chi connectivity index (χ1n) is 7.98. The summed E-state index contributed by atoms with van der Waals surface area (Å²) in [5.74, 6) is -0.554. The van der Waals surface area contributed by atoms with Gasteiger partial charge >= 0.3 is 0 Å². The molecule has 0 radical (unpaired) electrons. The third kappa shape index (κ3) is 3.80. The van der Waals surface area contributed by atoms with Crippen molar-refractivity contribution in [2.45, 2.75) is 17.7 Å². The van der Waals surface area contributed by atoms with E-state index in [0.717, 1.165) is 0 Å². The normalized spacial score (nSPS) is 16.5. The number of benzene rings is 1. The number of sulfonamides is 1. The summed E-state index contributed by atoms with van der Waals surface area (Å²) in [5, 5.41) is 12.3. The Bertz CT molecular complexity index is 847. The first-order valence-corrected chi connectivity index (χ1v) is 9.42. The van der Waals surface area contributed by atoms with E-state index in [4.69, 9.17) is 0 Å². The molecule has 2 aromatic rings. The summed E-state index contributed by atoms with van der Waals surface area (Å²) >= 11 is 0. The van der Waals surface area contributed by atoms with Crippen LogP contribution >= 0.6 is 0 Å². The second kappa shape index (κ2) is 7.20. The molecule has 1 aliphatic rings. The van der Waals surface area contributed by atoms with Gasteiger partial charge in [-0.05, 0) is 37.1 Å². The van der Waals surface area contributed by atoms with Gasteiger partial charge in [0.2, 0.25) is 15.9 Å². The third-order valence-corrected chi connectivity index (χ3v) is 6.15. The minimum atomic E-state index is -3.53. The Morgan fingerprint density at radius 3 is 2.44 bits per heavy atom. The molecule has 1 aromatic carbocycles. The lowest BCUT2D eigenvalue weighted by Gasteiger charge is -2.30. The number of nitrogens with one attached hydrogen (secondary N) is 1. The number of amides is 1. The number of aromatic nitrogens is 1. The number of carbonyl (C=O) groups is 1. The van der Waals surface area contributed by atoms with Crippen molar-refractivity contribution in [3.05, 3.63) is 48.7 Å². The predicted octanol–water partition coefficient (Wildman–Crippen LogP) is 1.83. The molecule has 0 saturated carbocycles. The molecular formula is C17H19N3O4S. The average molecular weight is 361 g/mol. The number of rotatable bonds is 4. The third-order valence-electron chi connectivity index (χ3n) is 4.23. The van der Waals surface area contributed by atoms with E-state index < -0.39 is 10.0 Å². The zero-order valence-corrected chi connectivity index (χ0v) is 14.3. The van der Waals surface area contributed by atoms with Crippen molar-refractivity contribution in [1.29, 1.82) is 0 Å². The summed E-state index contributed by atoms with van der Waals surface area (Å²) in [4.78, 5) is 16.5. The van der Waals surface area contributed by atoms with Gasteiger partial charge in [0.05, 0.1) is 4.90 Å². The number of aromatic hydroxyl groups is 1. The van der Waals surface area contributed by atoms with Crippen molar-refractivity contribution in [1.82, 2.24) is 9.29 Å². The van der Waals surface area contributed by atoms with Crippen LogP contribution in [0.5, 0.6) is 5.75 Å². The van der Waals surface area contributed by atoms with Crippen LogP contribution in [0, 0.1) is 5.92 Å². The van der Waals surface area contributed by atoms with Gasteiger partial charge in [-0.1, -0.05) is 18.2 Å². The van der Waals surface area contributed by atoms with E-state index in [2.05, 4.69) is 10.3 Å². The fraction of sp³-hybridized carbons (Fsp3) is 0.294. The van der Waals surface area contributed by atoms with Gasteiger partial charge in [-0.2, -0.15) is 4.31 Å². The maximum Gasteiger partial charge on any atom is 0.243 e. The quantitative estimate of drug-likeness (QED) is 0.865. The van der Waals surface area contributed by atoms with Gasteiger partial charge in [-0.15, -0.1) is 0 Å². The van der Waals surface area contributed by atoms with Crippen molar-refractivity contribution < 1.29 is 18.3 Å². The van der Waals surface area contributed by atoms with Crippen LogP contribution in [-0.4, -0.2) is 41.8 Å². The molecule has 0 spiro atoms. The minimum Gasteiger partial charge on any atom is -0.504 e. The molecule has 8 heteroatoms. The zero-order chi connectivity index (χ0) is 17.9. The highest BCUT2D eigenvalue weighted by Crippen LogP contribution is 2.26. The monoisotopic (exact) mass is 361 g/mol. The Morgan fingerprint density at radius 1 is 1.12 bits per heavy atom. The maximum atomic E-state index is 12.6. The number of pyridine rings is 1. The summed E-state index contributed by atoms with van der Waals surface area (Å²) in [6.45, 7) is 0.563. The molecule has 0 bridgehead atoms. The fourth-order valence-electron chi connectivity index (χ4n) is 2.81. The number of piperidine rings is 1. The van der Waals surface area contributed by atoms with E-state index in [-0.39, 0.29) is 41.4 Å². The number of nitrogens with zero attached hydrogens (tertiary/aromatic N) is 2. The Hall–Kier alpha value is -2.45. The van der Waals surface area contributed by atoms with Crippen LogP contribution in [0.3, 0.4) is 0 Å². The molecule has 7 nitrogen and oxygen atoms in total. The topological polar surface area (TPSA) is 99.6 Å². The van der Waals surface area contributed by atoms with E-state index >= 15 is 0 Å². The molecular weight excluding hydrogens is 342 g/mol. The lowest BCUT2D eigenvalue weighted by Crippen LogP contribution is -2.41. The molecule has 25 heavy (non-hydrogen) atoms. The van der Waals surface area contributed by atoms with Crippen LogP contribution in [0.25, 0.3) is 0 Å². The molecule has 3 rings (SSSR count). The maximum absolute atomic E-state index is 12.6. The van der Waals surface area contributed by atoms with Crippen molar-refractivity contribution in [3.63, 3.8) is 0 Å². The van der Waals surface area contributed by atoms with E-state index in [1.54, 1.807) is 36.4 Å². The summed E-state index contributed by atoms with van der Waals surface area (Å²) in [6.07, 6.45) is 2.32. The Kier molecular flexibility index (Phi) is 5.00. The molecule has 2 heterocycles. The predicted molar refractivity (Wildman–Crippen MR) is 92.5 cm³/mol. The first-order chi connectivity index (χ1) is 12.0. The van der Waals surface area contributed by atoms with E-state index in [9.17, 15) is 18.3 Å². The van der Waals surface area contributed by atoms with Gasteiger partial charge in [0.15, 0.2) is 11.6 Å². The Morgan fingerprint density at radius 2 is 1.80 bits per heavy atom. The van der Waals surface area contributed by atoms with Crippen LogP contribution in [0.15, 0.2) is 53.6 Å². The summed E-state index contributed by atoms with van der Waals surface area (Å²) in [5.41, 5.74) is 0. The molecule has 0 aliphatic carbocycles. The molecule has 0 atom stereocenters. The zero-order valence-electron chi connectivity index (χ0n) is 13.5. The lowest BCUT2D eigenvalue weighted by atomic mass is 9.97. The number of carbonyl (C=O) groups excluding carboxylic acids is 1. The molecule has 2 N–H and O–H groups in total. The van der Waals surface area contributed by atoms with Crippen LogP contribution in [0.1, 0.15) is 12.8 Å². The highest BCUT2D eigenvalue weighted by molar-refractivity contribution is 7.89. The number of hydrogen-bond donors (Lipinski definition) is 2. The molecule has 1 fully saturated rings. The standard InChI is InChI=1S/C17H19N3O4S/c21-15-7-4-10-18-16(15)19-17(22)13-8-11-20(12-9-13)25(23,24)14-5-2-1-3-6-14/h1-7,10,13,21H,8-9,11-12H2,(H,18,19,22). The second-order valence-electron chi connectivity index (χ2n) is 5.85. The molecule has 1 aliphatic heterocycles. The lowest BCUT2D eigenvalue weighted by molar-refractivity contribution is -0.120. The Balaban J connectivity index is 1.62. The largest absolute Gasteiger partial charge is 0.504 e. The van der Waals surface area contributed by atoms with Gasteiger partial charge in [-0.3, -0.25) is 4.79 Å². The minimum absolute atomic E-state index is 0.0973. The van der Waals surface area contributed by atoms with Gasteiger partial charge in [0.25, 0.3) is 0 Å². The molecule has 1 saturated heterocycles. The van der Waals surface area contributed by atoms with Gasteiger partial charge in [0.1, 0.15) is 0 Å². The van der Waals surface area contributed by atoms with Crippen molar-refractivity contribution in [2.75, 3.05) is 18.4 Å². The van der Waals surface area contributed by atoms with Crippen molar-refractivity contribution >= 4 is 21.7 Å². The van der Waals surface area contributed by atoms with Gasteiger partial charge in [0, 0.05) is 25.2 Å². The first kappa shape index (κ1) is 17.4. The number of hydrogen-bond acceptors (Lipinski definition) is 5. The average Bonchev–Trinajstić information content (AvgIpc) is 2.64. The van der Waals surface area contributed by atoms with Crippen LogP contribution in [0.4, 0.5) is 5.82 Å². The summed E-state index contributed by atoms with van der Waals surface area (Å²) in [6, 6.07) is 11.3. The highest BCUT2D eigenvalue weighted by Gasteiger charge is 2.32. The Labute approximate surface area is 146 Å². The molecule has 132 valence electrons. The molecule has 1 aromatic heterocycles. The number of anilines is 1. The van der Waals surface area contributed by atoms with Gasteiger partial charge < -0.3 is 10.4 Å². The molecule has 1 amide bonds.